The average molecular weight is 415 g/mol. The fraction of sp³-hybridized carbons (Fsp3) is 0.667. The van der Waals surface area contributed by atoms with Crippen molar-refractivity contribution in [3.63, 3.8) is 0 Å². The van der Waals surface area contributed by atoms with Crippen molar-refractivity contribution < 1.29 is 9.47 Å². The molecule has 0 radical (unpaired) electrons. The van der Waals surface area contributed by atoms with Gasteiger partial charge < -0.3 is 9.47 Å². The predicted octanol–water partition coefficient (Wildman–Crippen LogP) is 3.18. The number of hydrogen-bond donors (Lipinski definition) is 0. The van der Waals surface area contributed by atoms with Gasteiger partial charge in [-0.25, -0.2) is 0 Å². The fourth-order valence-corrected chi connectivity index (χ4v) is 3.45. The van der Waals surface area contributed by atoms with Crippen LogP contribution in [0, 0.1) is 10.8 Å². The first kappa shape index (κ1) is 24.5. The van der Waals surface area contributed by atoms with Gasteiger partial charge in [0.1, 0.15) is 0 Å². The lowest BCUT2D eigenvalue weighted by molar-refractivity contribution is 0.0410. The second-order valence-electron chi connectivity index (χ2n) is 9.02. The van der Waals surface area contributed by atoms with Gasteiger partial charge in [-0.1, -0.05) is 40.9 Å². The standard InChI is InChI=1S/C24H38N4O2/c1-7-21(17-27-9-13-29-14-10-27)23(3,4)19-25-26-20-24(5,6)22(8-2)18-28-11-15-30-16-12-28/h19-20H,1-2,9-18H2,3-6H3/b25-19+,26-20+. The monoisotopic (exact) mass is 414 g/mol. The molecule has 0 unspecified atom stereocenters. The van der Waals surface area contributed by atoms with Crippen LogP contribution in [0.2, 0.25) is 0 Å². The van der Waals surface area contributed by atoms with E-state index in [1.165, 1.54) is 0 Å². The van der Waals surface area contributed by atoms with E-state index in [0.29, 0.717) is 0 Å². The van der Waals surface area contributed by atoms with Gasteiger partial charge in [-0.15, -0.1) is 11.5 Å². The molecule has 0 aromatic heterocycles. The summed E-state index contributed by atoms with van der Waals surface area (Å²) in [6.07, 6.45) is 3.76. The van der Waals surface area contributed by atoms with Crippen LogP contribution in [0.15, 0.2) is 46.0 Å². The van der Waals surface area contributed by atoms with Crippen LogP contribution in [0.1, 0.15) is 27.7 Å². The summed E-state index contributed by atoms with van der Waals surface area (Å²) in [5.41, 5.74) is 7.93. The van der Waals surface area contributed by atoms with Crippen LogP contribution in [0.25, 0.3) is 0 Å². The van der Waals surface area contributed by atoms with E-state index < -0.39 is 0 Å². The van der Waals surface area contributed by atoms with Crippen LogP contribution in [0.4, 0.5) is 0 Å². The molecule has 0 aliphatic carbocycles. The highest BCUT2D eigenvalue weighted by molar-refractivity contribution is 5.73. The molecular formula is C24H38N4O2. The lowest BCUT2D eigenvalue weighted by Gasteiger charge is -2.31. The van der Waals surface area contributed by atoms with E-state index in [4.69, 9.17) is 9.47 Å². The van der Waals surface area contributed by atoms with E-state index in [-0.39, 0.29) is 10.8 Å². The third-order valence-electron chi connectivity index (χ3n) is 5.78. The van der Waals surface area contributed by atoms with Crippen LogP contribution < -0.4 is 0 Å². The number of nitrogens with zero attached hydrogens (tertiary/aromatic N) is 4. The summed E-state index contributed by atoms with van der Waals surface area (Å²) in [6, 6.07) is 0. The minimum absolute atomic E-state index is 0.271. The van der Waals surface area contributed by atoms with Gasteiger partial charge in [-0.3, -0.25) is 9.80 Å². The van der Waals surface area contributed by atoms with E-state index >= 15 is 0 Å². The van der Waals surface area contributed by atoms with Gasteiger partial charge in [-0.2, -0.15) is 10.2 Å². The average Bonchev–Trinajstić information content (AvgIpc) is 2.74. The third-order valence-corrected chi connectivity index (χ3v) is 5.78. The summed E-state index contributed by atoms with van der Waals surface area (Å²) in [5.74, 6) is 0. The lowest BCUT2D eigenvalue weighted by Crippen LogP contribution is -2.39. The molecule has 0 bridgehead atoms. The molecule has 0 atom stereocenters. The summed E-state index contributed by atoms with van der Waals surface area (Å²) >= 11 is 0. The first-order chi connectivity index (χ1) is 14.3. The van der Waals surface area contributed by atoms with Gasteiger partial charge in [0.15, 0.2) is 0 Å². The van der Waals surface area contributed by atoms with Crippen molar-refractivity contribution >= 4 is 12.4 Å². The SMILES string of the molecule is C=C=C(CN1CCOCC1)C(C)(C)/C=N/N=C/C(C)(C)C(=C=C)CN1CCOCC1. The molecule has 0 N–H and O–H groups in total. The first-order valence-electron chi connectivity index (χ1n) is 10.8. The largest absolute Gasteiger partial charge is 0.379 e. The highest BCUT2D eigenvalue weighted by Crippen LogP contribution is 2.26. The van der Waals surface area contributed by atoms with E-state index in [1.54, 1.807) is 0 Å². The second kappa shape index (κ2) is 11.6. The number of morpholine rings is 2. The maximum atomic E-state index is 5.44. The van der Waals surface area contributed by atoms with Crippen LogP contribution in [-0.4, -0.2) is 87.9 Å². The molecule has 2 aliphatic rings. The molecule has 6 heteroatoms. The van der Waals surface area contributed by atoms with Crippen LogP contribution in [-0.2, 0) is 9.47 Å². The Morgan fingerprint density at radius 2 is 1.10 bits per heavy atom. The lowest BCUT2D eigenvalue weighted by atomic mass is 9.85. The Morgan fingerprint density at radius 1 is 0.767 bits per heavy atom. The minimum Gasteiger partial charge on any atom is -0.379 e. The van der Waals surface area contributed by atoms with Gasteiger partial charge in [0.05, 0.1) is 26.4 Å². The van der Waals surface area contributed by atoms with Gasteiger partial charge in [0.2, 0.25) is 0 Å². The molecule has 6 nitrogen and oxygen atoms in total. The molecule has 2 aliphatic heterocycles. The van der Waals surface area contributed by atoms with Crippen LogP contribution in [0.5, 0.6) is 0 Å². The summed E-state index contributed by atoms with van der Waals surface area (Å²) in [6.45, 7) is 24.8. The maximum Gasteiger partial charge on any atom is 0.0594 e. The van der Waals surface area contributed by atoms with Crippen LogP contribution >= 0.6 is 0 Å². The van der Waals surface area contributed by atoms with E-state index in [0.717, 1.165) is 76.8 Å². The summed E-state index contributed by atoms with van der Waals surface area (Å²) in [4.78, 5) is 4.73. The molecule has 2 saturated heterocycles. The number of hydrogen-bond acceptors (Lipinski definition) is 6. The molecular weight excluding hydrogens is 376 g/mol. The number of ether oxygens (including phenoxy) is 2. The quantitative estimate of drug-likeness (QED) is 0.330. The topological polar surface area (TPSA) is 49.7 Å². The van der Waals surface area contributed by atoms with Gasteiger partial charge >= 0.3 is 0 Å². The Morgan fingerprint density at radius 3 is 1.40 bits per heavy atom. The molecule has 0 saturated carbocycles. The normalized spacial score (nSPS) is 19.7. The van der Waals surface area contributed by atoms with Crippen molar-refractivity contribution in [3.8, 4) is 0 Å². The van der Waals surface area contributed by atoms with Gasteiger partial charge in [0, 0.05) is 62.5 Å². The molecule has 2 heterocycles. The fourth-order valence-electron chi connectivity index (χ4n) is 3.45. The summed E-state index contributed by atoms with van der Waals surface area (Å²) in [5, 5.41) is 8.74. The zero-order valence-electron chi connectivity index (χ0n) is 19.2. The molecule has 166 valence electrons. The first-order valence-corrected chi connectivity index (χ1v) is 10.8. The Hall–Kier alpha value is -1.78. The summed E-state index contributed by atoms with van der Waals surface area (Å²) in [7, 11) is 0. The molecule has 2 fully saturated rings. The Bertz CT molecular complexity index is 651. The highest BCUT2D eigenvalue weighted by atomic mass is 16.5. The minimum atomic E-state index is -0.271. The Labute approximate surface area is 182 Å². The van der Waals surface area contributed by atoms with E-state index in [9.17, 15) is 0 Å². The molecule has 0 aromatic rings. The highest BCUT2D eigenvalue weighted by Gasteiger charge is 2.25. The van der Waals surface area contributed by atoms with Crippen molar-refractivity contribution in [2.24, 2.45) is 21.0 Å². The van der Waals surface area contributed by atoms with Crippen molar-refractivity contribution in [1.82, 2.24) is 9.80 Å². The molecule has 0 amide bonds. The van der Waals surface area contributed by atoms with Crippen molar-refractivity contribution in [2.75, 3.05) is 65.7 Å². The predicted molar refractivity (Wildman–Crippen MR) is 124 cm³/mol. The zero-order chi connectivity index (χ0) is 22.0. The molecule has 30 heavy (non-hydrogen) atoms. The molecule has 0 spiro atoms. The van der Waals surface area contributed by atoms with Crippen molar-refractivity contribution in [3.05, 3.63) is 35.8 Å². The molecule has 2 rings (SSSR count). The van der Waals surface area contributed by atoms with Gasteiger partial charge in [-0.05, 0) is 11.1 Å². The van der Waals surface area contributed by atoms with E-state index in [1.807, 2.05) is 12.4 Å². The van der Waals surface area contributed by atoms with E-state index in [2.05, 4.69) is 72.3 Å². The number of rotatable bonds is 9. The smallest absolute Gasteiger partial charge is 0.0594 e. The molecule has 0 aromatic carbocycles. The summed E-state index contributed by atoms with van der Waals surface area (Å²) < 4.78 is 10.9. The van der Waals surface area contributed by atoms with Crippen LogP contribution in [0.3, 0.4) is 0 Å². The zero-order valence-corrected chi connectivity index (χ0v) is 19.2. The maximum absolute atomic E-state index is 5.44. The third kappa shape index (κ3) is 7.48. The van der Waals surface area contributed by atoms with Crippen molar-refractivity contribution in [2.45, 2.75) is 27.7 Å². The van der Waals surface area contributed by atoms with Gasteiger partial charge in [0.25, 0.3) is 0 Å². The second-order valence-corrected chi connectivity index (χ2v) is 9.02. The Kier molecular flexibility index (Phi) is 9.44. The Balaban J connectivity index is 1.97. The van der Waals surface area contributed by atoms with Crippen molar-refractivity contribution in [1.29, 1.82) is 0 Å².